The number of nitrogens with one attached hydrogen (secondary N) is 2. The minimum Gasteiger partial charge on any atom is -0.358 e. The Hall–Kier alpha value is -3.01. The van der Waals surface area contributed by atoms with Gasteiger partial charge in [-0.25, -0.2) is 13.8 Å². The number of carbonyl (C=O) groups is 1. The molecule has 0 saturated carbocycles. The summed E-state index contributed by atoms with van der Waals surface area (Å²) in [5.41, 5.74) is -1.85. The normalized spacial score (nSPS) is 11.9. The van der Waals surface area contributed by atoms with Crippen LogP contribution in [0, 0.1) is 11.6 Å². The summed E-state index contributed by atoms with van der Waals surface area (Å²) in [6.45, 7) is 0. The molecule has 148 valence electrons. The number of benzene rings is 2. The monoisotopic (exact) mass is 469 g/mol. The fourth-order valence-electron chi connectivity index (χ4n) is 2.94. The van der Waals surface area contributed by atoms with Crippen LogP contribution >= 0.6 is 15.9 Å². The lowest BCUT2D eigenvalue weighted by molar-refractivity contribution is -0.137. The van der Waals surface area contributed by atoms with Gasteiger partial charge in [0.2, 0.25) is 0 Å². The highest BCUT2D eigenvalue weighted by molar-refractivity contribution is 9.10. The molecule has 29 heavy (non-hydrogen) atoms. The summed E-state index contributed by atoms with van der Waals surface area (Å²) in [5.74, 6) is -2.34. The molecular weight excluding hydrogens is 461 g/mol. The molecule has 0 spiro atoms. The number of rotatable bonds is 3. The Balaban J connectivity index is 1.75. The molecule has 0 fully saturated rings. The van der Waals surface area contributed by atoms with Gasteiger partial charge in [0.15, 0.2) is 23.2 Å². The number of aromatic amines is 2. The molecule has 0 aliphatic heterocycles. The first-order valence-electron chi connectivity index (χ1n) is 8.09. The molecule has 0 saturated heterocycles. The molecule has 0 atom stereocenters. The smallest absolute Gasteiger partial charge is 0.358 e. The second-order valence-electron chi connectivity index (χ2n) is 6.14. The number of hydrogen-bond donors (Lipinski definition) is 2. The van der Waals surface area contributed by atoms with Crippen molar-refractivity contribution in [3.8, 4) is 11.5 Å². The van der Waals surface area contributed by atoms with E-state index in [-0.39, 0.29) is 32.6 Å². The molecule has 0 aliphatic carbocycles. The first kappa shape index (κ1) is 19.3. The van der Waals surface area contributed by atoms with Gasteiger partial charge in [0.25, 0.3) is 0 Å². The number of alkyl halides is 3. The standard InChI is InChI=1S/C19H9BrF5N3O/c20-11-6-12(21)15-16(14(11)22)28-18(27-15)13-5-8(7-26-13)17(29)9-3-1-2-4-10(9)19(23,24)25/h1-7,26H,(H,27,28). The number of carbonyl (C=O) groups excluding carboxylic acids is 1. The van der Waals surface area contributed by atoms with Crippen molar-refractivity contribution in [1.82, 2.24) is 15.0 Å². The molecule has 0 radical (unpaired) electrons. The van der Waals surface area contributed by atoms with Gasteiger partial charge in [-0.15, -0.1) is 0 Å². The molecule has 2 heterocycles. The van der Waals surface area contributed by atoms with Crippen LogP contribution in [0.2, 0.25) is 0 Å². The van der Waals surface area contributed by atoms with E-state index in [4.69, 9.17) is 0 Å². The molecule has 2 aromatic carbocycles. The Morgan fingerprint density at radius 3 is 2.55 bits per heavy atom. The predicted molar refractivity (Wildman–Crippen MR) is 98.4 cm³/mol. The van der Waals surface area contributed by atoms with Crippen molar-refractivity contribution < 1.29 is 26.7 Å². The zero-order valence-corrected chi connectivity index (χ0v) is 15.8. The van der Waals surface area contributed by atoms with E-state index >= 15 is 0 Å². The van der Waals surface area contributed by atoms with Crippen LogP contribution in [-0.2, 0) is 6.18 Å². The molecule has 0 amide bonds. The third kappa shape index (κ3) is 3.33. The van der Waals surface area contributed by atoms with E-state index in [1.54, 1.807) is 0 Å². The van der Waals surface area contributed by atoms with Crippen molar-refractivity contribution in [1.29, 1.82) is 0 Å². The molecule has 4 aromatic rings. The molecule has 2 aromatic heterocycles. The van der Waals surface area contributed by atoms with E-state index in [1.807, 2.05) is 0 Å². The number of hydrogen-bond acceptors (Lipinski definition) is 2. The Bertz CT molecular complexity index is 1260. The maximum absolute atomic E-state index is 14.2. The van der Waals surface area contributed by atoms with Crippen LogP contribution in [0.1, 0.15) is 21.5 Å². The van der Waals surface area contributed by atoms with Gasteiger partial charge in [0.1, 0.15) is 11.0 Å². The van der Waals surface area contributed by atoms with Gasteiger partial charge in [-0.05, 0) is 34.1 Å². The number of ketones is 1. The minimum absolute atomic E-state index is 0.0269. The Labute approximate surface area is 167 Å². The van der Waals surface area contributed by atoms with Crippen LogP contribution in [0.15, 0.2) is 47.1 Å². The second kappa shape index (κ2) is 6.80. The summed E-state index contributed by atoms with van der Waals surface area (Å²) in [6, 6.07) is 6.62. The summed E-state index contributed by atoms with van der Waals surface area (Å²) in [4.78, 5) is 21.9. The van der Waals surface area contributed by atoms with E-state index in [0.29, 0.717) is 0 Å². The Morgan fingerprint density at radius 2 is 1.83 bits per heavy atom. The molecule has 4 nitrogen and oxygen atoms in total. The highest BCUT2D eigenvalue weighted by Gasteiger charge is 2.35. The van der Waals surface area contributed by atoms with Gasteiger partial charge in [0.05, 0.1) is 15.7 Å². The van der Waals surface area contributed by atoms with Crippen molar-refractivity contribution in [3.63, 3.8) is 0 Å². The lowest BCUT2D eigenvalue weighted by atomic mass is 9.99. The highest BCUT2D eigenvalue weighted by Crippen LogP contribution is 2.33. The molecule has 4 rings (SSSR count). The van der Waals surface area contributed by atoms with Gasteiger partial charge in [-0.2, -0.15) is 13.2 Å². The molecule has 0 aliphatic rings. The Morgan fingerprint density at radius 1 is 1.10 bits per heavy atom. The molecular formula is C19H9BrF5N3O. The molecule has 2 N–H and O–H groups in total. The average Bonchev–Trinajstić information content (AvgIpc) is 3.32. The maximum atomic E-state index is 14.2. The quantitative estimate of drug-likeness (QED) is 0.224. The van der Waals surface area contributed by atoms with Crippen LogP contribution in [0.5, 0.6) is 0 Å². The van der Waals surface area contributed by atoms with Crippen molar-refractivity contribution in [2.45, 2.75) is 6.18 Å². The summed E-state index contributed by atoms with van der Waals surface area (Å²) in [5, 5.41) is 0. The number of halogens is 6. The number of nitrogens with zero attached hydrogens (tertiary/aromatic N) is 1. The van der Waals surface area contributed by atoms with E-state index in [0.717, 1.165) is 18.2 Å². The lowest BCUT2D eigenvalue weighted by Crippen LogP contribution is -2.13. The van der Waals surface area contributed by atoms with Crippen LogP contribution in [-0.4, -0.2) is 20.7 Å². The van der Waals surface area contributed by atoms with Crippen LogP contribution in [0.3, 0.4) is 0 Å². The highest BCUT2D eigenvalue weighted by atomic mass is 79.9. The van der Waals surface area contributed by atoms with Crippen molar-refractivity contribution in [3.05, 3.63) is 75.4 Å². The third-order valence-corrected chi connectivity index (χ3v) is 4.87. The number of aromatic nitrogens is 3. The SMILES string of the molecule is O=C(c1c[nH]c(-c2nc3c(F)cc(Br)c(F)c3[nH]2)c1)c1ccccc1C(F)(F)F. The summed E-state index contributed by atoms with van der Waals surface area (Å²) in [6.07, 6.45) is -3.48. The second-order valence-corrected chi connectivity index (χ2v) is 6.99. The molecule has 0 bridgehead atoms. The van der Waals surface area contributed by atoms with Crippen LogP contribution in [0.25, 0.3) is 22.6 Å². The maximum Gasteiger partial charge on any atom is 0.417 e. The zero-order valence-electron chi connectivity index (χ0n) is 14.2. The first-order chi connectivity index (χ1) is 13.7. The van der Waals surface area contributed by atoms with Crippen molar-refractivity contribution in [2.75, 3.05) is 0 Å². The largest absolute Gasteiger partial charge is 0.417 e. The van der Waals surface area contributed by atoms with Crippen molar-refractivity contribution in [2.24, 2.45) is 0 Å². The first-order valence-corrected chi connectivity index (χ1v) is 8.89. The summed E-state index contributed by atoms with van der Waals surface area (Å²) < 4.78 is 67.6. The van der Waals surface area contributed by atoms with E-state index < -0.39 is 34.7 Å². The van der Waals surface area contributed by atoms with Crippen LogP contribution in [0.4, 0.5) is 22.0 Å². The lowest BCUT2D eigenvalue weighted by Gasteiger charge is -2.10. The fourth-order valence-corrected chi connectivity index (χ4v) is 3.34. The number of fused-ring (bicyclic) bond motifs is 1. The Kier molecular flexibility index (Phi) is 4.53. The van der Waals surface area contributed by atoms with Gasteiger partial charge < -0.3 is 9.97 Å². The topological polar surface area (TPSA) is 61.5 Å². The minimum atomic E-state index is -4.69. The predicted octanol–water partition coefficient (Wildman–Crippen LogP) is 5.85. The van der Waals surface area contributed by atoms with E-state index in [9.17, 15) is 26.7 Å². The van der Waals surface area contributed by atoms with E-state index in [2.05, 4.69) is 30.9 Å². The van der Waals surface area contributed by atoms with Crippen LogP contribution < -0.4 is 0 Å². The third-order valence-electron chi connectivity index (χ3n) is 4.29. The fraction of sp³-hybridized carbons (Fsp3) is 0.0526. The number of H-pyrrole nitrogens is 2. The summed E-state index contributed by atoms with van der Waals surface area (Å²) >= 11 is 2.90. The summed E-state index contributed by atoms with van der Waals surface area (Å²) in [7, 11) is 0. The average molecular weight is 470 g/mol. The van der Waals surface area contributed by atoms with Gasteiger partial charge >= 0.3 is 6.18 Å². The van der Waals surface area contributed by atoms with Gasteiger partial charge in [0, 0.05) is 17.3 Å². The zero-order chi connectivity index (χ0) is 20.9. The molecule has 10 heteroatoms. The van der Waals surface area contributed by atoms with E-state index in [1.165, 1.54) is 24.4 Å². The van der Waals surface area contributed by atoms with Crippen molar-refractivity contribution >= 4 is 32.7 Å². The van der Waals surface area contributed by atoms with Gasteiger partial charge in [-0.1, -0.05) is 18.2 Å². The number of imidazole rings is 1. The molecule has 0 unspecified atom stereocenters. The van der Waals surface area contributed by atoms with Gasteiger partial charge in [-0.3, -0.25) is 4.79 Å².